The number of fused-ring (bicyclic) bond motifs is 1. The molecule has 20 heavy (non-hydrogen) atoms. The van der Waals surface area contributed by atoms with Crippen LogP contribution in [0.1, 0.15) is 5.69 Å². The zero-order chi connectivity index (χ0) is 14.3. The number of nitrogens with zero attached hydrogens (tertiary/aromatic N) is 4. The third kappa shape index (κ3) is 2.14. The molecule has 0 aliphatic heterocycles. The summed E-state index contributed by atoms with van der Waals surface area (Å²) in [5.41, 5.74) is 1.68. The van der Waals surface area contributed by atoms with Crippen molar-refractivity contribution in [3.63, 3.8) is 0 Å². The van der Waals surface area contributed by atoms with Crippen molar-refractivity contribution in [3.8, 4) is 0 Å². The first-order chi connectivity index (χ1) is 9.47. The topological polar surface area (TPSA) is 89.8 Å². The molecule has 0 radical (unpaired) electrons. The molecule has 7 nitrogen and oxygen atoms in total. The molecule has 104 valence electrons. The molecule has 0 spiro atoms. The van der Waals surface area contributed by atoms with Crippen molar-refractivity contribution in [2.24, 2.45) is 7.05 Å². The second kappa shape index (κ2) is 4.53. The van der Waals surface area contributed by atoms with Gasteiger partial charge in [-0.2, -0.15) is 13.8 Å². The van der Waals surface area contributed by atoms with Crippen LogP contribution in [0.5, 0.6) is 0 Å². The van der Waals surface area contributed by atoms with Crippen LogP contribution in [0.3, 0.4) is 0 Å². The van der Waals surface area contributed by atoms with Crippen LogP contribution in [0.25, 0.3) is 11.0 Å². The number of rotatable bonds is 3. The van der Waals surface area contributed by atoms with Crippen molar-refractivity contribution in [1.82, 2.24) is 18.5 Å². The lowest BCUT2D eigenvalue weighted by Crippen LogP contribution is -2.15. The van der Waals surface area contributed by atoms with Gasteiger partial charge in [-0.1, -0.05) is 6.07 Å². The van der Waals surface area contributed by atoms with Crippen molar-refractivity contribution >= 4 is 38.6 Å². The predicted molar refractivity (Wildman–Crippen MR) is 76.2 cm³/mol. The van der Waals surface area contributed by atoms with Crippen molar-refractivity contribution in [3.05, 3.63) is 30.0 Å². The highest BCUT2D eigenvalue weighted by Crippen LogP contribution is 2.23. The number of aryl methyl sites for hydroxylation is 2. The second-order valence-electron chi connectivity index (χ2n) is 4.29. The van der Waals surface area contributed by atoms with E-state index >= 15 is 0 Å². The Balaban J connectivity index is 2.08. The molecule has 0 atom stereocenters. The maximum Gasteiger partial charge on any atom is 0.265 e. The Hall–Kier alpha value is -2.00. The minimum Gasteiger partial charge on any atom is -0.263 e. The van der Waals surface area contributed by atoms with E-state index in [4.69, 9.17) is 0 Å². The molecule has 3 aromatic rings. The van der Waals surface area contributed by atoms with Crippen LogP contribution >= 0.6 is 11.7 Å². The highest BCUT2D eigenvalue weighted by molar-refractivity contribution is 7.93. The Morgan fingerprint density at radius 2 is 2.10 bits per heavy atom. The van der Waals surface area contributed by atoms with Crippen LogP contribution in [0.2, 0.25) is 0 Å². The second-order valence-corrected chi connectivity index (χ2v) is 6.47. The first kappa shape index (κ1) is 13.0. The smallest absolute Gasteiger partial charge is 0.263 e. The van der Waals surface area contributed by atoms with Crippen molar-refractivity contribution in [2.75, 3.05) is 4.72 Å². The number of hydrogen-bond acceptors (Lipinski definition) is 6. The fourth-order valence-electron chi connectivity index (χ4n) is 1.90. The molecule has 0 fully saturated rings. The summed E-state index contributed by atoms with van der Waals surface area (Å²) in [7, 11) is -2.05. The summed E-state index contributed by atoms with van der Waals surface area (Å²) in [4.78, 5) is 0.114. The van der Waals surface area contributed by atoms with Crippen molar-refractivity contribution in [2.45, 2.75) is 11.8 Å². The summed E-state index contributed by atoms with van der Waals surface area (Å²) in [5, 5.41) is 4.11. The molecule has 0 amide bonds. The predicted octanol–water partition coefficient (Wildman–Crippen LogP) is 1.53. The van der Waals surface area contributed by atoms with E-state index in [1.165, 1.54) is 10.7 Å². The molecule has 2 heterocycles. The molecule has 0 bridgehead atoms. The lowest BCUT2D eigenvalue weighted by molar-refractivity contribution is 0.601. The molecule has 1 aromatic carbocycles. The minimum atomic E-state index is -3.73. The van der Waals surface area contributed by atoms with E-state index in [1.807, 2.05) is 0 Å². The van der Waals surface area contributed by atoms with E-state index < -0.39 is 10.0 Å². The molecule has 0 aliphatic rings. The van der Waals surface area contributed by atoms with Crippen LogP contribution in [-0.2, 0) is 17.1 Å². The van der Waals surface area contributed by atoms with Crippen LogP contribution in [0.4, 0.5) is 5.82 Å². The summed E-state index contributed by atoms with van der Waals surface area (Å²) >= 11 is 0.987. The van der Waals surface area contributed by atoms with E-state index in [-0.39, 0.29) is 4.90 Å². The summed E-state index contributed by atoms with van der Waals surface area (Å²) in [5.74, 6) is 0.405. The Morgan fingerprint density at radius 1 is 1.30 bits per heavy atom. The molecule has 0 saturated carbocycles. The normalized spacial score (nSPS) is 11.9. The van der Waals surface area contributed by atoms with Gasteiger partial charge in [0.25, 0.3) is 10.0 Å². The van der Waals surface area contributed by atoms with Gasteiger partial charge < -0.3 is 0 Å². The van der Waals surface area contributed by atoms with Gasteiger partial charge in [-0.3, -0.25) is 9.40 Å². The number of benzene rings is 1. The molecule has 1 N–H and O–H groups in total. The quantitative estimate of drug-likeness (QED) is 0.792. The van der Waals surface area contributed by atoms with Crippen LogP contribution < -0.4 is 4.72 Å². The van der Waals surface area contributed by atoms with Gasteiger partial charge in [0, 0.05) is 13.1 Å². The Kier molecular flexibility index (Phi) is 2.94. The fraction of sp³-hybridized carbons (Fsp3) is 0.182. The standard InChI is InChI=1S/C11H11N5O2S2/c1-7-6-10(16(2)12-7)15-20(17,18)9-5-3-4-8-11(9)14-19-13-8/h3-6,15H,1-2H3. The van der Waals surface area contributed by atoms with E-state index in [2.05, 4.69) is 18.6 Å². The van der Waals surface area contributed by atoms with E-state index in [1.54, 1.807) is 32.2 Å². The van der Waals surface area contributed by atoms with Gasteiger partial charge in [0.05, 0.1) is 17.4 Å². The molecule has 0 saturated heterocycles. The molecule has 0 aliphatic carbocycles. The zero-order valence-corrected chi connectivity index (χ0v) is 12.4. The van der Waals surface area contributed by atoms with Crippen molar-refractivity contribution < 1.29 is 8.42 Å². The molecular formula is C11H11N5O2S2. The zero-order valence-electron chi connectivity index (χ0n) is 10.7. The number of sulfonamides is 1. The fourth-order valence-corrected chi connectivity index (χ4v) is 3.74. The van der Waals surface area contributed by atoms with Gasteiger partial charge in [-0.05, 0) is 19.1 Å². The van der Waals surface area contributed by atoms with Gasteiger partial charge in [-0.25, -0.2) is 8.42 Å². The third-order valence-electron chi connectivity index (χ3n) is 2.78. The van der Waals surface area contributed by atoms with Crippen LogP contribution in [0, 0.1) is 6.92 Å². The lowest BCUT2D eigenvalue weighted by atomic mass is 10.3. The van der Waals surface area contributed by atoms with Gasteiger partial charge in [0.1, 0.15) is 21.7 Å². The van der Waals surface area contributed by atoms with Gasteiger partial charge in [0.2, 0.25) is 0 Å². The molecule has 3 rings (SSSR count). The summed E-state index contributed by atoms with van der Waals surface area (Å²) in [6.45, 7) is 1.79. The Bertz CT molecular complexity index is 881. The largest absolute Gasteiger partial charge is 0.265 e. The summed E-state index contributed by atoms with van der Waals surface area (Å²) in [6.07, 6.45) is 0. The van der Waals surface area contributed by atoms with E-state index in [9.17, 15) is 8.42 Å². The first-order valence-corrected chi connectivity index (χ1v) is 7.93. The number of aromatic nitrogens is 4. The number of nitrogens with one attached hydrogen (secondary N) is 1. The maximum atomic E-state index is 12.5. The number of anilines is 1. The lowest BCUT2D eigenvalue weighted by Gasteiger charge is -2.08. The Morgan fingerprint density at radius 3 is 2.80 bits per heavy atom. The maximum absolute atomic E-state index is 12.5. The highest BCUT2D eigenvalue weighted by Gasteiger charge is 2.21. The molecule has 0 unspecified atom stereocenters. The summed E-state index contributed by atoms with van der Waals surface area (Å²) in [6, 6.07) is 6.55. The molecular weight excluding hydrogens is 298 g/mol. The number of hydrogen-bond donors (Lipinski definition) is 1. The SMILES string of the molecule is Cc1cc(NS(=O)(=O)c2cccc3nsnc23)n(C)n1. The average molecular weight is 309 g/mol. The average Bonchev–Trinajstić information content (AvgIpc) is 2.95. The molecule has 9 heteroatoms. The Labute approximate surface area is 119 Å². The first-order valence-electron chi connectivity index (χ1n) is 5.72. The molecule has 2 aromatic heterocycles. The van der Waals surface area contributed by atoms with Crippen molar-refractivity contribution in [1.29, 1.82) is 0 Å². The summed E-state index contributed by atoms with van der Waals surface area (Å²) < 4.78 is 37.0. The van der Waals surface area contributed by atoms with Crippen LogP contribution in [0.15, 0.2) is 29.2 Å². The van der Waals surface area contributed by atoms with E-state index in [0.717, 1.165) is 17.4 Å². The van der Waals surface area contributed by atoms with Gasteiger partial charge >= 0.3 is 0 Å². The minimum absolute atomic E-state index is 0.114. The van der Waals surface area contributed by atoms with E-state index in [0.29, 0.717) is 16.9 Å². The third-order valence-corrected chi connectivity index (χ3v) is 4.71. The van der Waals surface area contributed by atoms with Gasteiger partial charge in [-0.15, -0.1) is 0 Å². The van der Waals surface area contributed by atoms with Gasteiger partial charge in [0.15, 0.2) is 0 Å². The van der Waals surface area contributed by atoms with Crippen LogP contribution in [-0.4, -0.2) is 26.9 Å². The highest BCUT2D eigenvalue weighted by atomic mass is 32.2. The monoisotopic (exact) mass is 309 g/mol.